The van der Waals surface area contributed by atoms with Gasteiger partial charge in [-0.3, -0.25) is 0 Å². The first kappa shape index (κ1) is 20.9. The molecule has 1 aromatic heterocycles. The van der Waals surface area contributed by atoms with Gasteiger partial charge in [0.1, 0.15) is 36.1 Å². The van der Waals surface area contributed by atoms with Gasteiger partial charge < -0.3 is 29.6 Å². The Bertz CT molecular complexity index is 1070. The van der Waals surface area contributed by atoms with Crippen molar-refractivity contribution in [1.29, 1.82) is 0 Å². The lowest BCUT2D eigenvalue weighted by atomic mass is 9.89. The van der Waals surface area contributed by atoms with E-state index in [1.807, 2.05) is 6.07 Å². The summed E-state index contributed by atoms with van der Waals surface area (Å²) >= 11 is 6.69. The van der Waals surface area contributed by atoms with Crippen LogP contribution in [0.5, 0.6) is 0 Å². The molecule has 0 spiro atoms. The van der Waals surface area contributed by atoms with Gasteiger partial charge in [-0.25, -0.2) is 0 Å². The van der Waals surface area contributed by atoms with Crippen molar-refractivity contribution >= 4 is 22.6 Å². The summed E-state index contributed by atoms with van der Waals surface area (Å²) in [6.45, 7) is -0.490. The minimum absolute atomic E-state index is 0.446. The van der Waals surface area contributed by atoms with E-state index in [1.54, 1.807) is 6.07 Å². The Morgan fingerprint density at radius 2 is 1.71 bits per heavy atom. The van der Waals surface area contributed by atoms with Gasteiger partial charge in [-0.2, -0.15) is 0 Å². The number of furan rings is 1. The molecule has 0 bridgehead atoms. The quantitative estimate of drug-likeness (QED) is 0.482. The highest BCUT2D eigenvalue weighted by Gasteiger charge is 2.45. The Morgan fingerprint density at radius 1 is 0.968 bits per heavy atom. The molecule has 2 heterocycles. The first-order valence-electron chi connectivity index (χ1n) is 10.6. The molecule has 5 atom stereocenters. The van der Waals surface area contributed by atoms with Crippen LogP contribution in [0.2, 0.25) is 5.02 Å². The van der Waals surface area contributed by atoms with E-state index in [1.165, 1.54) is 24.7 Å². The minimum atomic E-state index is -1.46. The van der Waals surface area contributed by atoms with E-state index in [0.29, 0.717) is 33.9 Å². The second-order valence-corrected chi connectivity index (χ2v) is 8.92. The van der Waals surface area contributed by atoms with Gasteiger partial charge in [0.2, 0.25) is 0 Å². The first-order valence-corrected chi connectivity index (χ1v) is 10.9. The summed E-state index contributed by atoms with van der Waals surface area (Å²) in [5.74, 6) is 0.692. The number of hydrogen-bond donors (Lipinski definition) is 4. The summed E-state index contributed by atoms with van der Waals surface area (Å²) in [6.07, 6.45) is -1.66. The van der Waals surface area contributed by atoms with Crippen molar-refractivity contribution in [2.24, 2.45) is 0 Å². The van der Waals surface area contributed by atoms with Crippen molar-refractivity contribution in [3.05, 3.63) is 69.9 Å². The molecule has 0 amide bonds. The third-order valence-electron chi connectivity index (χ3n) is 6.40. The van der Waals surface area contributed by atoms with Gasteiger partial charge in [-0.15, -0.1) is 0 Å². The number of hydrogen-bond acceptors (Lipinski definition) is 6. The molecule has 1 aliphatic heterocycles. The first-order chi connectivity index (χ1) is 15.0. The molecule has 0 unspecified atom stereocenters. The molecule has 6 nitrogen and oxygen atoms in total. The van der Waals surface area contributed by atoms with Crippen LogP contribution in [0.1, 0.15) is 47.1 Å². The monoisotopic (exact) mass is 444 g/mol. The molecular formula is C24H25ClO6. The van der Waals surface area contributed by atoms with Crippen molar-refractivity contribution in [1.82, 2.24) is 0 Å². The fourth-order valence-electron chi connectivity index (χ4n) is 4.44. The maximum Gasteiger partial charge on any atom is 0.141 e. The van der Waals surface area contributed by atoms with Gasteiger partial charge in [0.05, 0.1) is 17.9 Å². The number of rotatable bonds is 5. The highest BCUT2D eigenvalue weighted by molar-refractivity contribution is 6.36. The molecule has 0 radical (unpaired) electrons. The summed E-state index contributed by atoms with van der Waals surface area (Å²) in [5.41, 5.74) is 4.27. The summed E-state index contributed by atoms with van der Waals surface area (Å²) in [7, 11) is 0. The van der Waals surface area contributed by atoms with E-state index >= 15 is 0 Å². The van der Waals surface area contributed by atoms with Crippen LogP contribution in [-0.2, 0) is 11.2 Å². The predicted molar refractivity (Wildman–Crippen MR) is 115 cm³/mol. The van der Waals surface area contributed by atoms with Gasteiger partial charge in [-0.1, -0.05) is 35.9 Å². The molecular weight excluding hydrogens is 420 g/mol. The van der Waals surface area contributed by atoms with Crippen molar-refractivity contribution in [2.45, 2.75) is 55.7 Å². The fourth-order valence-corrected chi connectivity index (χ4v) is 4.71. The van der Waals surface area contributed by atoms with Crippen molar-refractivity contribution < 1.29 is 29.6 Å². The minimum Gasteiger partial charge on any atom is -0.464 e. The molecule has 3 aromatic rings. The highest BCUT2D eigenvalue weighted by Crippen LogP contribution is 2.42. The second kappa shape index (κ2) is 8.20. The van der Waals surface area contributed by atoms with Gasteiger partial charge in [0.15, 0.2) is 0 Å². The number of ether oxygens (including phenoxy) is 1. The van der Waals surface area contributed by atoms with E-state index in [4.69, 9.17) is 20.8 Å². The maximum absolute atomic E-state index is 10.6. The Balaban J connectivity index is 1.52. The lowest BCUT2D eigenvalue weighted by Crippen LogP contribution is -2.55. The van der Waals surface area contributed by atoms with Crippen LogP contribution < -0.4 is 0 Å². The number of aliphatic hydroxyl groups excluding tert-OH is 4. The van der Waals surface area contributed by atoms with E-state index in [9.17, 15) is 20.4 Å². The topological polar surface area (TPSA) is 103 Å². The standard InChI is InChI=1S/C24H25ClO6/c25-19-15(9-12-1-3-13(4-2-12)14-5-6-14)10-17(23-16(19)7-8-30-23)24-22(29)21(28)20(27)18(11-26)31-24/h1-4,7-8,10,14,18,20-22,24,26-29H,5-6,9,11H2/t18-,20-,21+,22-,24+/m1/s1. The highest BCUT2D eigenvalue weighted by atomic mass is 35.5. The lowest BCUT2D eigenvalue weighted by molar-refractivity contribution is -0.231. The zero-order valence-electron chi connectivity index (χ0n) is 16.8. The SMILES string of the molecule is OC[C@H]1O[C@@H](c2cc(Cc3ccc(C4CC4)cc3)c(Cl)c3ccoc23)[C@H](O)[C@@H](O)[C@@H]1O. The molecule has 31 heavy (non-hydrogen) atoms. The summed E-state index contributed by atoms with van der Waals surface area (Å²) in [4.78, 5) is 0. The van der Waals surface area contributed by atoms with Gasteiger partial charge >= 0.3 is 0 Å². The number of aliphatic hydroxyl groups is 4. The van der Waals surface area contributed by atoms with Crippen LogP contribution >= 0.6 is 11.6 Å². The Labute approximate surface area is 184 Å². The molecule has 4 N–H and O–H groups in total. The Morgan fingerprint density at radius 3 is 2.39 bits per heavy atom. The van der Waals surface area contributed by atoms with Crippen molar-refractivity contribution in [3.8, 4) is 0 Å². The second-order valence-electron chi connectivity index (χ2n) is 8.54. The number of halogens is 1. The largest absolute Gasteiger partial charge is 0.464 e. The summed E-state index contributed by atoms with van der Waals surface area (Å²) < 4.78 is 11.4. The van der Waals surface area contributed by atoms with Crippen LogP contribution in [0, 0.1) is 0 Å². The average molecular weight is 445 g/mol. The third kappa shape index (κ3) is 3.78. The van der Waals surface area contributed by atoms with E-state index in [0.717, 1.165) is 11.1 Å². The molecule has 2 fully saturated rings. The van der Waals surface area contributed by atoms with E-state index in [2.05, 4.69) is 24.3 Å². The van der Waals surface area contributed by atoms with E-state index < -0.39 is 37.1 Å². The van der Waals surface area contributed by atoms with E-state index in [-0.39, 0.29) is 0 Å². The zero-order chi connectivity index (χ0) is 21.7. The van der Waals surface area contributed by atoms with Crippen molar-refractivity contribution in [2.75, 3.05) is 6.61 Å². The Hall–Kier alpha value is -1.93. The molecule has 7 heteroatoms. The number of fused-ring (bicyclic) bond motifs is 1. The number of benzene rings is 2. The van der Waals surface area contributed by atoms with Crippen molar-refractivity contribution in [3.63, 3.8) is 0 Å². The van der Waals surface area contributed by atoms with Crippen LogP contribution in [0.25, 0.3) is 11.0 Å². The molecule has 164 valence electrons. The Kier molecular flexibility index (Phi) is 5.54. The zero-order valence-corrected chi connectivity index (χ0v) is 17.6. The molecule has 1 saturated carbocycles. The molecule has 1 aliphatic carbocycles. The maximum atomic E-state index is 10.6. The smallest absolute Gasteiger partial charge is 0.141 e. The fraction of sp³-hybridized carbons (Fsp3) is 0.417. The predicted octanol–water partition coefficient (Wildman–Crippen LogP) is 3.07. The van der Waals surface area contributed by atoms with Gasteiger partial charge in [-0.05, 0) is 54.0 Å². The van der Waals surface area contributed by atoms with Gasteiger partial charge in [0, 0.05) is 10.9 Å². The molecule has 5 rings (SSSR count). The van der Waals surface area contributed by atoms with Crippen LogP contribution in [0.4, 0.5) is 0 Å². The molecule has 2 aromatic carbocycles. The average Bonchev–Trinajstić information content (AvgIpc) is 3.51. The van der Waals surface area contributed by atoms with Crippen LogP contribution in [-0.4, -0.2) is 51.4 Å². The summed E-state index contributed by atoms with van der Waals surface area (Å²) in [5, 5.41) is 41.8. The normalized spacial score (nSPS) is 28.9. The molecule has 2 aliphatic rings. The summed E-state index contributed by atoms with van der Waals surface area (Å²) in [6, 6.07) is 12.1. The third-order valence-corrected chi connectivity index (χ3v) is 6.84. The van der Waals surface area contributed by atoms with Crippen LogP contribution in [0.15, 0.2) is 47.1 Å². The lowest BCUT2D eigenvalue weighted by Gasteiger charge is -2.40. The van der Waals surface area contributed by atoms with Gasteiger partial charge in [0.25, 0.3) is 0 Å². The van der Waals surface area contributed by atoms with Crippen LogP contribution in [0.3, 0.4) is 0 Å². The molecule has 1 saturated heterocycles.